The van der Waals surface area contributed by atoms with E-state index in [-0.39, 0.29) is 0 Å². The molecule has 2 aromatic carbocycles. The molecule has 3 aromatic heterocycles. The molecule has 2 N–H and O–H groups in total. The van der Waals surface area contributed by atoms with Gasteiger partial charge < -0.3 is 19.9 Å². The molecule has 5 aromatic rings. The lowest BCUT2D eigenvalue weighted by atomic mass is 10.2. The van der Waals surface area contributed by atoms with Crippen molar-refractivity contribution < 1.29 is 4.74 Å². The van der Waals surface area contributed by atoms with Gasteiger partial charge in [-0.15, -0.1) is 0 Å². The fourth-order valence-electron chi connectivity index (χ4n) is 4.55. The van der Waals surface area contributed by atoms with E-state index in [0.717, 1.165) is 46.6 Å². The van der Waals surface area contributed by atoms with Gasteiger partial charge in [0.15, 0.2) is 5.82 Å². The highest BCUT2D eigenvalue weighted by Crippen LogP contribution is 2.31. The molecular formula is C26H26N8O. The third-order valence-corrected chi connectivity index (χ3v) is 6.43. The molecule has 0 spiro atoms. The van der Waals surface area contributed by atoms with Gasteiger partial charge >= 0.3 is 0 Å². The second-order valence-corrected chi connectivity index (χ2v) is 8.99. The number of nitrogens with one attached hydrogen (secondary N) is 2. The van der Waals surface area contributed by atoms with Crippen LogP contribution < -0.4 is 15.4 Å². The molecule has 3 heterocycles. The van der Waals surface area contributed by atoms with E-state index in [1.54, 1.807) is 12.5 Å². The molecule has 0 bridgehead atoms. The van der Waals surface area contributed by atoms with Crippen molar-refractivity contribution in [1.29, 1.82) is 0 Å². The average molecular weight is 467 g/mol. The minimum Gasteiger partial charge on any atom is -0.457 e. The number of benzene rings is 2. The van der Waals surface area contributed by atoms with Crippen LogP contribution in [-0.4, -0.2) is 35.5 Å². The summed E-state index contributed by atoms with van der Waals surface area (Å²) in [7, 11) is 1.98. The van der Waals surface area contributed by atoms with Crippen LogP contribution in [0.2, 0.25) is 0 Å². The summed E-state index contributed by atoms with van der Waals surface area (Å²) in [6, 6.07) is 12.3. The molecule has 0 amide bonds. The SMILES string of the molecule is Cc1cc(Nc2ncnc3cnc(NC4CCCC4)nc23)ccc1Oc1ccc2c(c1)ncn2C. The molecule has 35 heavy (non-hydrogen) atoms. The number of aryl methyl sites for hydroxylation is 2. The van der Waals surface area contributed by atoms with Crippen LogP contribution in [0.3, 0.4) is 0 Å². The summed E-state index contributed by atoms with van der Waals surface area (Å²) in [5.74, 6) is 2.79. The fourth-order valence-corrected chi connectivity index (χ4v) is 4.55. The Labute approximate surface area is 202 Å². The molecule has 1 saturated carbocycles. The molecule has 0 saturated heterocycles. The van der Waals surface area contributed by atoms with Crippen LogP contribution >= 0.6 is 0 Å². The zero-order valence-electron chi connectivity index (χ0n) is 19.7. The monoisotopic (exact) mass is 466 g/mol. The van der Waals surface area contributed by atoms with Crippen LogP contribution in [-0.2, 0) is 7.05 Å². The number of nitrogens with zero attached hydrogens (tertiary/aromatic N) is 6. The van der Waals surface area contributed by atoms with Crippen molar-refractivity contribution in [2.45, 2.75) is 38.6 Å². The normalized spacial score (nSPS) is 14.0. The number of anilines is 3. The molecule has 0 atom stereocenters. The van der Waals surface area contributed by atoms with Crippen molar-refractivity contribution in [1.82, 2.24) is 29.5 Å². The lowest BCUT2D eigenvalue weighted by molar-refractivity contribution is 0.479. The fraction of sp³-hybridized carbons (Fsp3) is 0.269. The molecule has 1 fully saturated rings. The van der Waals surface area contributed by atoms with Gasteiger partial charge in [-0.25, -0.2) is 24.9 Å². The van der Waals surface area contributed by atoms with Crippen LogP contribution in [0.5, 0.6) is 11.5 Å². The first-order valence-corrected chi connectivity index (χ1v) is 11.8. The highest BCUT2D eigenvalue weighted by molar-refractivity contribution is 5.87. The van der Waals surface area contributed by atoms with Crippen molar-refractivity contribution in [3.8, 4) is 11.5 Å². The predicted molar refractivity (Wildman–Crippen MR) is 136 cm³/mol. The van der Waals surface area contributed by atoms with Crippen molar-refractivity contribution in [2.75, 3.05) is 10.6 Å². The second kappa shape index (κ2) is 8.83. The Hall–Kier alpha value is -4.27. The Morgan fingerprint density at radius 3 is 2.71 bits per heavy atom. The van der Waals surface area contributed by atoms with Crippen LogP contribution in [0, 0.1) is 6.92 Å². The Morgan fingerprint density at radius 1 is 0.971 bits per heavy atom. The minimum atomic E-state index is 0.432. The van der Waals surface area contributed by atoms with E-state index in [0.29, 0.717) is 28.8 Å². The summed E-state index contributed by atoms with van der Waals surface area (Å²) in [5.41, 5.74) is 5.23. The molecule has 1 aliphatic carbocycles. The highest BCUT2D eigenvalue weighted by atomic mass is 16.5. The first kappa shape index (κ1) is 21.3. The Morgan fingerprint density at radius 2 is 1.86 bits per heavy atom. The van der Waals surface area contributed by atoms with Gasteiger partial charge in [-0.2, -0.15) is 0 Å². The van der Waals surface area contributed by atoms with Crippen molar-refractivity contribution >= 4 is 39.5 Å². The van der Waals surface area contributed by atoms with E-state index >= 15 is 0 Å². The third kappa shape index (κ3) is 4.32. The summed E-state index contributed by atoms with van der Waals surface area (Å²) in [6.07, 6.45) is 9.87. The molecule has 9 heteroatoms. The van der Waals surface area contributed by atoms with E-state index in [1.807, 2.05) is 54.9 Å². The number of rotatable bonds is 6. The maximum Gasteiger partial charge on any atom is 0.223 e. The Balaban J connectivity index is 1.23. The lowest BCUT2D eigenvalue weighted by Crippen LogP contribution is -2.16. The molecule has 6 rings (SSSR count). The molecule has 1 aliphatic rings. The summed E-state index contributed by atoms with van der Waals surface area (Å²) < 4.78 is 8.14. The number of hydrogen-bond acceptors (Lipinski definition) is 8. The highest BCUT2D eigenvalue weighted by Gasteiger charge is 2.17. The quantitative estimate of drug-likeness (QED) is 0.338. The summed E-state index contributed by atoms with van der Waals surface area (Å²) in [6.45, 7) is 2.02. The zero-order chi connectivity index (χ0) is 23.8. The molecule has 176 valence electrons. The lowest BCUT2D eigenvalue weighted by Gasteiger charge is -2.14. The molecule has 0 unspecified atom stereocenters. The number of aromatic nitrogens is 6. The van der Waals surface area contributed by atoms with Crippen molar-refractivity contribution in [3.05, 3.63) is 60.8 Å². The smallest absolute Gasteiger partial charge is 0.223 e. The minimum absolute atomic E-state index is 0.432. The topological polar surface area (TPSA) is 103 Å². The van der Waals surface area contributed by atoms with E-state index in [4.69, 9.17) is 9.72 Å². The number of fused-ring (bicyclic) bond motifs is 2. The Kier molecular flexibility index (Phi) is 5.36. The van der Waals surface area contributed by atoms with Crippen LogP contribution in [0.25, 0.3) is 22.1 Å². The number of ether oxygens (including phenoxy) is 1. The van der Waals surface area contributed by atoms with E-state index in [2.05, 4.69) is 30.6 Å². The molecular weight excluding hydrogens is 440 g/mol. The third-order valence-electron chi connectivity index (χ3n) is 6.43. The van der Waals surface area contributed by atoms with E-state index in [9.17, 15) is 0 Å². The molecule has 9 nitrogen and oxygen atoms in total. The van der Waals surface area contributed by atoms with Crippen LogP contribution in [0.4, 0.5) is 17.5 Å². The van der Waals surface area contributed by atoms with Gasteiger partial charge in [0.1, 0.15) is 28.9 Å². The van der Waals surface area contributed by atoms with Crippen molar-refractivity contribution in [3.63, 3.8) is 0 Å². The molecule has 0 radical (unpaired) electrons. The van der Waals surface area contributed by atoms with Gasteiger partial charge in [0.2, 0.25) is 5.95 Å². The maximum absolute atomic E-state index is 6.15. The summed E-state index contributed by atoms with van der Waals surface area (Å²) in [4.78, 5) is 22.3. The number of imidazole rings is 1. The van der Waals surface area contributed by atoms with E-state index in [1.165, 1.54) is 19.2 Å². The van der Waals surface area contributed by atoms with Gasteiger partial charge in [-0.3, -0.25) is 0 Å². The first-order valence-electron chi connectivity index (χ1n) is 11.8. The van der Waals surface area contributed by atoms with Gasteiger partial charge in [0, 0.05) is 24.8 Å². The van der Waals surface area contributed by atoms with Crippen LogP contribution in [0.15, 0.2) is 55.2 Å². The van der Waals surface area contributed by atoms with Gasteiger partial charge in [0.25, 0.3) is 0 Å². The van der Waals surface area contributed by atoms with Gasteiger partial charge in [0.05, 0.1) is 23.6 Å². The summed E-state index contributed by atoms with van der Waals surface area (Å²) >= 11 is 0. The van der Waals surface area contributed by atoms with Gasteiger partial charge in [-0.05, 0) is 55.7 Å². The largest absolute Gasteiger partial charge is 0.457 e. The standard InChI is InChI=1S/C26H26N8O/c1-16-11-18(7-10-23(16)35-19-8-9-22-20(12-19)30-15-34(22)2)31-25-24-21(28-14-29-25)13-27-26(33-24)32-17-5-3-4-6-17/h7-15,17H,3-6H2,1-2H3,(H,27,32,33)(H,28,29,31). The van der Waals surface area contributed by atoms with E-state index < -0.39 is 0 Å². The zero-order valence-corrected chi connectivity index (χ0v) is 19.7. The van der Waals surface area contributed by atoms with Crippen molar-refractivity contribution in [2.24, 2.45) is 7.05 Å². The maximum atomic E-state index is 6.15. The van der Waals surface area contributed by atoms with Crippen LogP contribution in [0.1, 0.15) is 31.2 Å². The first-order chi connectivity index (χ1) is 17.1. The summed E-state index contributed by atoms with van der Waals surface area (Å²) in [5, 5.41) is 6.84. The second-order valence-electron chi connectivity index (χ2n) is 8.99. The number of hydrogen-bond donors (Lipinski definition) is 2. The Bertz CT molecular complexity index is 1520. The average Bonchev–Trinajstić information content (AvgIpc) is 3.51. The predicted octanol–water partition coefficient (Wildman–Crippen LogP) is 5.51. The van der Waals surface area contributed by atoms with Gasteiger partial charge in [-0.1, -0.05) is 12.8 Å². The molecule has 0 aliphatic heterocycles.